The molecular weight excluding hydrogens is 364 g/mol. The summed E-state index contributed by atoms with van der Waals surface area (Å²) in [5, 5.41) is 7.93. The van der Waals surface area contributed by atoms with Gasteiger partial charge >= 0.3 is 0 Å². The lowest BCUT2D eigenvalue weighted by atomic mass is 10.1. The molecule has 2 heterocycles. The highest BCUT2D eigenvalue weighted by molar-refractivity contribution is 7.89. The van der Waals surface area contributed by atoms with Gasteiger partial charge in [0.15, 0.2) is 0 Å². The van der Waals surface area contributed by atoms with E-state index >= 15 is 0 Å². The maximum Gasteiger partial charge on any atom is 0.246 e. The molecule has 1 N–H and O–H groups in total. The van der Waals surface area contributed by atoms with E-state index in [1.807, 2.05) is 18.2 Å². The molecule has 0 spiro atoms. The summed E-state index contributed by atoms with van der Waals surface area (Å²) in [7, 11) is -2.08. The van der Waals surface area contributed by atoms with Gasteiger partial charge in [-0.05, 0) is 11.6 Å². The van der Waals surface area contributed by atoms with Crippen molar-refractivity contribution in [1.29, 1.82) is 0 Å². The molecule has 0 radical (unpaired) electrons. The van der Waals surface area contributed by atoms with E-state index in [2.05, 4.69) is 10.4 Å². The highest BCUT2D eigenvalue weighted by Gasteiger charge is 2.36. The zero-order chi connectivity index (χ0) is 17.9. The predicted octanol–water partition coefficient (Wildman–Crippen LogP) is 1.52. The van der Waals surface area contributed by atoms with Crippen molar-refractivity contribution in [3.05, 3.63) is 47.2 Å². The molecule has 0 aliphatic carbocycles. The van der Waals surface area contributed by atoms with Crippen LogP contribution >= 0.6 is 11.6 Å². The van der Waals surface area contributed by atoms with E-state index in [-0.39, 0.29) is 10.9 Å². The van der Waals surface area contributed by atoms with Crippen molar-refractivity contribution in [3.8, 4) is 0 Å². The lowest BCUT2D eigenvalue weighted by Crippen LogP contribution is -2.48. The van der Waals surface area contributed by atoms with Crippen LogP contribution < -0.4 is 5.32 Å². The van der Waals surface area contributed by atoms with Crippen molar-refractivity contribution in [2.75, 3.05) is 33.4 Å². The van der Waals surface area contributed by atoms with Gasteiger partial charge in [-0.3, -0.25) is 4.68 Å². The Morgan fingerprint density at radius 1 is 1.40 bits per heavy atom. The number of methoxy groups -OCH3 is 1. The lowest BCUT2D eigenvalue weighted by Gasteiger charge is -2.35. The normalized spacial score (nSPS) is 19.2. The van der Waals surface area contributed by atoms with Crippen LogP contribution in [0.3, 0.4) is 0 Å². The molecule has 1 atom stereocenters. The first-order valence-electron chi connectivity index (χ1n) is 8.02. The average molecular weight is 385 g/mol. The van der Waals surface area contributed by atoms with Crippen LogP contribution in [0.15, 0.2) is 41.6 Å². The highest BCUT2D eigenvalue weighted by atomic mass is 35.5. The predicted molar refractivity (Wildman–Crippen MR) is 95.1 cm³/mol. The Morgan fingerprint density at radius 2 is 2.20 bits per heavy atom. The molecule has 7 nitrogen and oxygen atoms in total. The summed E-state index contributed by atoms with van der Waals surface area (Å²) in [6, 6.07) is 6.99. The Hall–Kier alpha value is -1.45. The number of hydrogen-bond donors (Lipinski definition) is 1. The molecule has 25 heavy (non-hydrogen) atoms. The number of sulfonamides is 1. The summed E-state index contributed by atoms with van der Waals surface area (Å²) in [6.45, 7) is 2.46. The molecule has 1 aromatic heterocycles. The van der Waals surface area contributed by atoms with Crippen molar-refractivity contribution < 1.29 is 13.2 Å². The van der Waals surface area contributed by atoms with Gasteiger partial charge in [-0.2, -0.15) is 9.40 Å². The smallest absolute Gasteiger partial charge is 0.246 e. The van der Waals surface area contributed by atoms with Gasteiger partial charge in [-0.25, -0.2) is 8.42 Å². The Bertz CT molecular complexity index is 824. The zero-order valence-corrected chi connectivity index (χ0v) is 15.5. The summed E-state index contributed by atoms with van der Waals surface area (Å²) in [5.74, 6) is 0. The van der Waals surface area contributed by atoms with Gasteiger partial charge in [0, 0.05) is 38.0 Å². The van der Waals surface area contributed by atoms with E-state index in [1.165, 1.54) is 10.5 Å². The second kappa shape index (κ2) is 7.84. The molecule has 0 saturated carbocycles. The third kappa shape index (κ3) is 3.88. The van der Waals surface area contributed by atoms with Gasteiger partial charge in [-0.15, -0.1) is 0 Å². The fourth-order valence-corrected chi connectivity index (χ4v) is 4.73. The second-order valence-electron chi connectivity index (χ2n) is 5.79. The number of ether oxygens (including phenoxy) is 1. The second-order valence-corrected chi connectivity index (χ2v) is 8.09. The number of halogens is 1. The number of nitrogens with one attached hydrogen (secondary N) is 1. The molecule has 3 rings (SSSR count). The highest BCUT2D eigenvalue weighted by Crippen LogP contribution is 2.32. The van der Waals surface area contributed by atoms with E-state index in [0.717, 1.165) is 5.56 Å². The van der Waals surface area contributed by atoms with E-state index in [0.29, 0.717) is 37.8 Å². The fourth-order valence-electron chi connectivity index (χ4n) is 2.90. The minimum atomic E-state index is -3.67. The molecule has 2 aromatic rings. The summed E-state index contributed by atoms with van der Waals surface area (Å²) in [6.07, 6.45) is 2.93. The number of piperazine rings is 1. The third-order valence-corrected chi connectivity index (χ3v) is 6.40. The molecule has 1 aliphatic rings. The minimum Gasteiger partial charge on any atom is -0.383 e. The van der Waals surface area contributed by atoms with Gasteiger partial charge in [0.05, 0.1) is 25.4 Å². The monoisotopic (exact) mass is 384 g/mol. The van der Waals surface area contributed by atoms with E-state index < -0.39 is 10.0 Å². The molecule has 136 valence electrons. The van der Waals surface area contributed by atoms with Crippen LogP contribution in [0.25, 0.3) is 0 Å². The van der Waals surface area contributed by atoms with Crippen LogP contribution in [0.2, 0.25) is 5.02 Å². The summed E-state index contributed by atoms with van der Waals surface area (Å²) in [4.78, 5) is 0.183. The van der Waals surface area contributed by atoms with Crippen molar-refractivity contribution in [1.82, 2.24) is 19.4 Å². The van der Waals surface area contributed by atoms with Crippen LogP contribution in [0.5, 0.6) is 0 Å². The SMILES string of the molecule is COCCn1cc(S(=O)(=O)N2CCNCC2c2ccccc2Cl)cn1. The molecule has 1 fully saturated rings. The van der Waals surface area contributed by atoms with Crippen LogP contribution in [0, 0.1) is 0 Å². The zero-order valence-electron chi connectivity index (χ0n) is 13.9. The molecule has 0 bridgehead atoms. The summed E-state index contributed by atoms with van der Waals surface area (Å²) in [5.41, 5.74) is 0.798. The first-order chi connectivity index (χ1) is 12.0. The molecule has 0 amide bonds. The minimum absolute atomic E-state index is 0.183. The Morgan fingerprint density at radius 3 is 2.96 bits per heavy atom. The summed E-state index contributed by atoms with van der Waals surface area (Å²) >= 11 is 6.30. The number of nitrogens with zero attached hydrogens (tertiary/aromatic N) is 3. The van der Waals surface area contributed by atoms with Gasteiger partial charge in [0.1, 0.15) is 4.90 Å². The van der Waals surface area contributed by atoms with E-state index in [9.17, 15) is 8.42 Å². The number of benzene rings is 1. The maximum absolute atomic E-state index is 13.1. The average Bonchev–Trinajstić information content (AvgIpc) is 3.10. The first kappa shape index (κ1) is 18.3. The number of rotatable bonds is 6. The summed E-state index contributed by atoms with van der Waals surface area (Å²) < 4.78 is 34.4. The lowest BCUT2D eigenvalue weighted by molar-refractivity contribution is 0.183. The van der Waals surface area contributed by atoms with Crippen molar-refractivity contribution >= 4 is 21.6 Å². The molecule has 1 saturated heterocycles. The Labute approximate surface area is 152 Å². The van der Waals surface area contributed by atoms with Crippen molar-refractivity contribution in [3.63, 3.8) is 0 Å². The Kier molecular flexibility index (Phi) is 5.75. The third-order valence-electron chi connectivity index (χ3n) is 4.20. The number of hydrogen-bond acceptors (Lipinski definition) is 5. The van der Waals surface area contributed by atoms with Crippen molar-refractivity contribution in [2.45, 2.75) is 17.5 Å². The topological polar surface area (TPSA) is 76.5 Å². The molecule has 1 aromatic carbocycles. The van der Waals surface area contributed by atoms with Crippen LogP contribution in [-0.2, 0) is 21.3 Å². The number of aromatic nitrogens is 2. The van der Waals surface area contributed by atoms with Crippen LogP contribution in [0.1, 0.15) is 11.6 Å². The quantitative estimate of drug-likeness (QED) is 0.817. The molecule has 1 aliphatic heterocycles. The van der Waals surface area contributed by atoms with Gasteiger partial charge < -0.3 is 10.1 Å². The van der Waals surface area contributed by atoms with Crippen molar-refractivity contribution in [2.24, 2.45) is 0 Å². The molecule has 1 unspecified atom stereocenters. The maximum atomic E-state index is 13.1. The van der Waals surface area contributed by atoms with E-state index in [4.69, 9.17) is 16.3 Å². The first-order valence-corrected chi connectivity index (χ1v) is 9.84. The van der Waals surface area contributed by atoms with Gasteiger partial charge in [0.25, 0.3) is 0 Å². The standard InChI is InChI=1S/C16H21ClN4O3S/c1-24-9-8-20-12-13(10-19-20)25(22,23)21-7-6-18-11-16(21)14-4-2-3-5-15(14)17/h2-5,10,12,16,18H,6-9,11H2,1H3. The molecule has 9 heteroatoms. The van der Waals surface area contributed by atoms with Gasteiger partial charge in [-0.1, -0.05) is 29.8 Å². The van der Waals surface area contributed by atoms with Crippen LogP contribution in [0.4, 0.5) is 0 Å². The van der Waals surface area contributed by atoms with Crippen LogP contribution in [-0.4, -0.2) is 55.9 Å². The van der Waals surface area contributed by atoms with E-state index in [1.54, 1.807) is 24.1 Å². The Balaban J connectivity index is 1.91. The van der Waals surface area contributed by atoms with Gasteiger partial charge in [0.2, 0.25) is 10.0 Å². The molecular formula is C16H21ClN4O3S. The largest absolute Gasteiger partial charge is 0.383 e. The fraction of sp³-hybridized carbons (Fsp3) is 0.438.